The molecule has 0 bridgehead atoms. The van der Waals surface area contributed by atoms with Gasteiger partial charge < -0.3 is 24.4 Å². The minimum atomic E-state index is -0.832. The van der Waals surface area contributed by atoms with Crippen LogP contribution in [0.4, 0.5) is 0 Å². The molecular weight excluding hydrogens is 312 g/mol. The number of likely N-dealkylation sites (N-methyl/N-ethyl adjacent to an activating group) is 1. The van der Waals surface area contributed by atoms with E-state index in [1.807, 2.05) is 10.8 Å². The third-order valence-electron chi connectivity index (χ3n) is 3.53. The summed E-state index contributed by atoms with van der Waals surface area (Å²) in [6, 6.07) is -0.832. The van der Waals surface area contributed by atoms with E-state index in [4.69, 9.17) is 0 Å². The van der Waals surface area contributed by atoms with Crippen molar-refractivity contribution in [1.82, 2.24) is 19.8 Å². The number of nitrogens with one attached hydrogen (secondary N) is 1. The van der Waals surface area contributed by atoms with Crippen LogP contribution in [0.5, 0.6) is 0 Å². The number of amides is 2. The van der Waals surface area contributed by atoms with Crippen LogP contribution in [-0.4, -0.2) is 58.5 Å². The number of imidazole rings is 1. The van der Waals surface area contributed by atoms with Crippen LogP contribution in [0, 0.1) is 0 Å². The summed E-state index contributed by atoms with van der Waals surface area (Å²) in [5.74, 6) is -0.573. The van der Waals surface area contributed by atoms with Crippen molar-refractivity contribution in [1.29, 1.82) is 0 Å². The van der Waals surface area contributed by atoms with Crippen LogP contribution in [0.25, 0.3) is 0 Å². The summed E-state index contributed by atoms with van der Waals surface area (Å²) in [6.07, 6.45) is 9.39. The van der Waals surface area contributed by atoms with E-state index < -0.39 is 11.9 Å². The summed E-state index contributed by atoms with van der Waals surface area (Å²) in [5.41, 5.74) is 0. The number of hydrogen-bond donors (Lipinski definition) is 1. The van der Waals surface area contributed by atoms with Crippen LogP contribution in [0.15, 0.2) is 18.7 Å². The second-order valence-electron chi connectivity index (χ2n) is 5.57. The molecule has 1 heterocycles. The molecule has 0 saturated carbocycles. The largest absolute Gasteiger partial charge is 0.345 e. The monoisotopic (exact) mass is 336 g/mol. The maximum Gasteiger partial charge on any atom is 0.240 e. The zero-order chi connectivity index (χ0) is 17.8. The number of rotatable bonds is 12. The fourth-order valence-corrected chi connectivity index (χ4v) is 2.17. The predicted octanol–water partition coefficient (Wildman–Crippen LogP) is 0.175. The molecule has 0 saturated heterocycles. The fraction of sp³-hybridized carbons (Fsp3) is 0.562. The molecule has 0 aromatic carbocycles. The van der Waals surface area contributed by atoms with Crippen LogP contribution in [-0.2, 0) is 25.7 Å². The number of aromatic nitrogens is 2. The van der Waals surface area contributed by atoms with Crippen molar-refractivity contribution >= 4 is 24.4 Å². The Morgan fingerprint density at radius 2 is 2.08 bits per heavy atom. The Balaban J connectivity index is 2.17. The fourth-order valence-electron chi connectivity index (χ4n) is 2.17. The molecule has 0 aliphatic rings. The van der Waals surface area contributed by atoms with Gasteiger partial charge in [0.2, 0.25) is 11.8 Å². The first-order chi connectivity index (χ1) is 11.6. The summed E-state index contributed by atoms with van der Waals surface area (Å²) in [4.78, 5) is 50.0. The quantitative estimate of drug-likeness (QED) is 0.433. The van der Waals surface area contributed by atoms with Crippen molar-refractivity contribution < 1.29 is 19.2 Å². The van der Waals surface area contributed by atoms with Gasteiger partial charge in [-0.15, -0.1) is 0 Å². The summed E-state index contributed by atoms with van der Waals surface area (Å²) < 4.78 is 1.99. The first-order valence-corrected chi connectivity index (χ1v) is 7.94. The molecule has 0 fully saturated rings. The summed E-state index contributed by atoms with van der Waals surface area (Å²) >= 11 is 0. The maximum absolute atomic E-state index is 12.0. The van der Waals surface area contributed by atoms with Gasteiger partial charge in [0, 0.05) is 38.8 Å². The summed E-state index contributed by atoms with van der Waals surface area (Å²) in [6.45, 7) is 0.743. The number of carbonyl (C=O) groups is 4. The molecule has 0 radical (unpaired) electrons. The highest BCUT2D eigenvalue weighted by molar-refractivity contribution is 5.86. The predicted molar refractivity (Wildman–Crippen MR) is 87.0 cm³/mol. The summed E-state index contributed by atoms with van der Waals surface area (Å²) in [7, 11) is 1.54. The van der Waals surface area contributed by atoms with E-state index in [0.717, 1.165) is 25.8 Å². The number of carbonyl (C=O) groups excluding carboxylic acids is 4. The normalized spacial score (nSPS) is 11.5. The molecule has 1 rings (SSSR count). The average Bonchev–Trinajstić information content (AvgIpc) is 3.07. The van der Waals surface area contributed by atoms with Crippen molar-refractivity contribution in [3.63, 3.8) is 0 Å². The number of aryl methyl sites for hydroxylation is 1. The van der Waals surface area contributed by atoms with E-state index in [0.29, 0.717) is 19.0 Å². The van der Waals surface area contributed by atoms with Gasteiger partial charge in [-0.05, 0) is 12.8 Å². The van der Waals surface area contributed by atoms with Crippen molar-refractivity contribution in [2.24, 2.45) is 0 Å². The van der Waals surface area contributed by atoms with Gasteiger partial charge >= 0.3 is 0 Å². The topological polar surface area (TPSA) is 101 Å². The lowest BCUT2D eigenvalue weighted by Crippen LogP contribution is -2.43. The van der Waals surface area contributed by atoms with Crippen molar-refractivity contribution in [3.8, 4) is 0 Å². The Morgan fingerprint density at radius 3 is 2.71 bits per heavy atom. The van der Waals surface area contributed by atoms with Crippen LogP contribution in [0.3, 0.4) is 0 Å². The first kappa shape index (κ1) is 19.5. The lowest BCUT2D eigenvalue weighted by Gasteiger charge is -2.18. The van der Waals surface area contributed by atoms with E-state index in [1.165, 1.54) is 4.90 Å². The van der Waals surface area contributed by atoms with Gasteiger partial charge in [0.05, 0.1) is 18.9 Å². The molecule has 0 aliphatic carbocycles. The molecule has 2 amide bonds. The molecule has 132 valence electrons. The zero-order valence-electron chi connectivity index (χ0n) is 13.9. The third kappa shape index (κ3) is 7.66. The molecular formula is C16H24N4O4. The Kier molecular flexibility index (Phi) is 9.03. The van der Waals surface area contributed by atoms with Gasteiger partial charge in [0.15, 0.2) is 0 Å². The van der Waals surface area contributed by atoms with Crippen LogP contribution >= 0.6 is 0 Å². The van der Waals surface area contributed by atoms with E-state index in [-0.39, 0.29) is 18.9 Å². The van der Waals surface area contributed by atoms with Crippen molar-refractivity contribution in [2.75, 3.05) is 13.6 Å². The lowest BCUT2D eigenvalue weighted by molar-refractivity contribution is -0.135. The molecule has 0 spiro atoms. The van der Waals surface area contributed by atoms with E-state index in [2.05, 4.69) is 10.3 Å². The Labute approximate surface area is 141 Å². The highest BCUT2D eigenvalue weighted by Gasteiger charge is 2.15. The standard InChI is InChI=1S/C16H24N4O4/c1-19(11-15(23)18-14(12-22)6-10-21)16(24)5-3-2-4-8-20-9-7-17-13-20/h7,9-10,12-14H,2-6,8,11H2,1H3,(H,18,23)/t14-/m0/s1. The number of hydrogen-bond acceptors (Lipinski definition) is 5. The van der Waals surface area contributed by atoms with Crippen LogP contribution < -0.4 is 5.32 Å². The smallest absolute Gasteiger partial charge is 0.240 e. The number of aldehydes is 2. The molecule has 1 atom stereocenters. The maximum atomic E-state index is 12.0. The van der Waals surface area contributed by atoms with E-state index >= 15 is 0 Å². The Hall–Kier alpha value is -2.51. The van der Waals surface area contributed by atoms with Crippen molar-refractivity contribution in [2.45, 2.75) is 44.7 Å². The van der Waals surface area contributed by atoms with Gasteiger partial charge in [0.25, 0.3) is 0 Å². The molecule has 8 nitrogen and oxygen atoms in total. The Morgan fingerprint density at radius 1 is 1.29 bits per heavy atom. The van der Waals surface area contributed by atoms with Gasteiger partial charge in [-0.1, -0.05) is 6.42 Å². The van der Waals surface area contributed by atoms with E-state index in [9.17, 15) is 19.2 Å². The van der Waals surface area contributed by atoms with Crippen LogP contribution in [0.2, 0.25) is 0 Å². The SMILES string of the molecule is CN(CC(=O)N[C@H](C=O)CC=O)C(=O)CCCCCn1ccnc1. The van der Waals surface area contributed by atoms with Gasteiger partial charge in [-0.3, -0.25) is 9.59 Å². The number of unbranched alkanes of at least 4 members (excludes halogenated alkanes) is 2. The average molecular weight is 336 g/mol. The zero-order valence-corrected chi connectivity index (χ0v) is 13.9. The molecule has 1 aromatic heterocycles. The van der Waals surface area contributed by atoms with Crippen molar-refractivity contribution in [3.05, 3.63) is 18.7 Å². The highest BCUT2D eigenvalue weighted by Crippen LogP contribution is 2.04. The molecule has 0 unspecified atom stereocenters. The van der Waals surface area contributed by atoms with Gasteiger partial charge in [0.1, 0.15) is 12.6 Å². The highest BCUT2D eigenvalue weighted by atomic mass is 16.2. The first-order valence-electron chi connectivity index (χ1n) is 7.94. The minimum Gasteiger partial charge on any atom is -0.345 e. The minimum absolute atomic E-state index is 0.0657. The molecule has 0 aliphatic heterocycles. The van der Waals surface area contributed by atoms with Gasteiger partial charge in [-0.2, -0.15) is 0 Å². The summed E-state index contributed by atoms with van der Waals surface area (Å²) in [5, 5.41) is 2.40. The number of nitrogens with zero attached hydrogens (tertiary/aromatic N) is 3. The van der Waals surface area contributed by atoms with Gasteiger partial charge in [-0.25, -0.2) is 4.98 Å². The molecule has 1 N–H and O–H groups in total. The molecule has 24 heavy (non-hydrogen) atoms. The molecule has 8 heteroatoms. The Bertz CT molecular complexity index is 530. The third-order valence-corrected chi connectivity index (χ3v) is 3.53. The second kappa shape index (κ2) is 11.1. The second-order valence-corrected chi connectivity index (χ2v) is 5.57. The van der Waals surface area contributed by atoms with E-state index in [1.54, 1.807) is 19.6 Å². The lowest BCUT2D eigenvalue weighted by atomic mass is 10.2. The van der Waals surface area contributed by atoms with Crippen LogP contribution in [0.1, 0.15) is 32.1 Å². The molecule has 1 aromatic rings.